The fourth-order valence-electron chi connectivity index (χ4n) is 2.62. The fraction of sp³-hybridized carbons (Fsp3) is 0.353. The maximum Gasteiger partial charge on any atom is 0.282 e. The van der Waals surface area contributed by atoms with Gasteiger partial charge in [0.1, 0.15) is 6.33 Å². The van der Waals surface area contributed by atoms with Crippen LogP contribution in [0.4, 0.5) is 0 Å². The molecule has 0 aliphatic carbocycles. The van der Waals surface area contributed by atoms with E-state index in [2.05, 4.69) is 40.7 Å². The van der Waals surface area contributed by atoms with Gasteiger partial charge in [-0.2, -0.15) is 0 Å². The van der Waals surface area contributed by atoms with Crippen molar-refractivity contribution in [3.05, 3.63) is 59.2 Å². The highest BCUT2D eigenvalue weighted by Crippen LogP contribution is 2.31. The molecule has 6 nitrogen and oxygen atoms in total. The Labute approximate surface area is 134 Å². The molecule has 3 aromatic rings. The molecule has 0 aromatic carbocycles. The van der Waals surface area contributed by atoms with E-state index in [0.29, 0.717) is 5.65 Å². The Balaban J connectivity index is 2.17. The number of aromatic nitrogens is 5. The zero-order chi connectivity index (χ0) is 16.4. The van der Waals surface area contributed by atoms with Crippen molar-refractivity contribution >= 4 is 11.2 Å². The summed E-state index contributed by atoms with van der Waals surface area (Å²) in [6, 6.07) is 3.72. The van der Waals surface area contributed by atoms with Gasteiger partial charge >= 0.3 is 0 Å². The van der Waals surface area contributed by atoms with Crippen molar-refractivity contribution in [1.29, 1.82) is 0 Å². The molecule has 0 N–H and O–H groups in total. The highest BCUT2D eigenvalue weighted by atomic mass is 16.1. The van der Waals surface area contributed by atoms with Gasteiger partial charge in [0.2, 0.25) is 0 Å². The Bertz CT molecular complexity index is 867. The molecule has 1 atom stereocenters. The van der Waals surface area contributed by atoms with Crippen LogP contribution in [0.3, 0.4) is 0 Å². The summed E-state index contributed by atoms with van der Waals surface area (Å²) in [7, 11) is 0. The van der Waals surface area contributed by atoms with Gasteiger partial charge in [-0.1, -0.05) is 26.8 Å². The summed E-state index contributed by atoms with van der Waals surface area (Å²) in [5, 5.41) is 0. The highest BCUT2D eigenvalue weighted by Gasteiger charge is 2.24. The van der Waals surface area contributed by atoms with Crippen LogP contribution in [0.15, 0.2) is 48.0 Å². The second-order valence-electron chi connectivity index (χ2n) is 6.75. The summed E-state index contributed by atoms with van der Waals surface area (Å²) in [6.45, 7) is 6.45. The lowest BCUT2D eigenvalue weighted by atomic mass is 9.85. The largest absolute Gasteiger partial charge is 0.290 e. The number of rotatable bonds is 3. The minimum atomic E-state index is -0.179. The molecule has 1 unspecified atom stereocenters. The third-order valence-corrected chi connectivity index (χ3v) is 3.63. The average molecular weight is 309 g/mol. The van der Waals surface area contributed by atoms with Gasteiger partial charge < -0.3 is 0 Å². The van der Waals surface area contributed by atoms with Crippen molar-refractivity contribution in [2.24, 2.45) is 5.41 Å². The van der Waals surface area contributed by atoms with Gasteiger partial charge in [-0.25, -0.2) is 15.0 Å². The van der Waals surface area contributed by atoms with Gasteiger partial charge in [-0.15, -0.1) is 0 Å². The van der Waals surface area contributed by atoms with Crippen molar-refractivity contribution in [2.45, 2.75) is 33.2 Å². The van der Waals surface area contributed by atoms with E-state index in [1.807, 2.05) is 12.1 Å². The number of pyridine rings is 1. The molecule has 0 fully saturated rings. The standard InChI is InChI=1S/C17H19N5O/c1-17(2,3)9-13(12-5-4-6-18-10-12)22-11-21-15-14(16(22)23)19-7-8-20-15/h4-8,10-11,13H,9H2,1-3H3. The molecule has 0 saturated heterocycles. The van der Waals surface area contributed by atoms with Gasteiger partial charge in [0, 0.05) is 24.8 Å². The minimum Gasteiger partial charge on any atom is -0.290 e. The van der Waals surface area contributed by atoms with E-state index >= 15 is 0 Å². The van der Waals surface area contributed by atoms with E-state index in [1.54, 1.807) is 23.3 Å². The van der Waals surface area contributed by atoms with Crippen LogP contribution in [0.5, 0.6) is 0 Å². The molecule has 0 spiro atoms. The smallest absolute Gasteiger partial charge is 0.282 e. The fourth-order valence-corrected chi connectivity index (χ4v) is 2.62. The first-order chi connectivity index (χ1) is 11.0. The predicted octanol–water partition coefficient (Wildman–Crippen LogP) is 2.61. The lowest BCUT2D eigenvalue weighted by Gasteiger charge is -2.27. The summed E-state index contributed by atoms with van der Waals surface area (Å²) in [5.41, 5.74) is 1.50. The molecule has 118 valence electrons. The Hall–Kier alpha value is -2.63. The van der Waals surface area contributed by atoms with Gasteiger partial charge in [0.25, 0.3) is 5.56 Å². The van der Waals surface area contributed by atoms with Crippen molar-refractivity contribution in [3.8, 4) is 0 Å². The second kappa shape index (κ2) is 5.87. The minimum absolute atomic E-state index is 0.0390. The Morgan fingerprint density at radius 2 is 1.91 bits per heavy atom. The third-order valence-electron chi connectivity index (χ3n) is 3.63. The number of fused-ring (bicyclic) bond motifs is 1. The lowest BCUT2D eigenvalue weighted by molar-refractivity contribution is 0.314. The van der Waals surface area contributed by atoms with Crippen molar-refractivity contribution < 1.29 is 0 Å². The van der Waals surface area contributed by atoms with Gasteiger partial charge in [0.05, 0.1) is 6.04 Å². The van der Waals surface area contributed by atoms with Crippen molar-refractivity contribution in [2.75, 3.05) is 0 Å². The maximum absolute atomic E-state index is 12.8. The van der Waals surface area contributed by atoms with E-state index in [4.69, 9.17) is 0 Å². The molecule has 0 amide bonds. The molecule has 0 saturated carbocycles. The zero-order valence-corrected chi connectivity index (χ0v) is 13.5. The van der Waals surface area contributed by atoms with Gasteiger partial charge in [-0.05, 0) is 23.5 Å². The van der Waals surface area contributed by atoms with Crippen LogP contribution in [-0.4, -0.2) is 24.5 Å². The highest BCUT2D eigenvalue weighted by molar-refractivity contribution is 5.67. The first kappa shape index (κ1) is 15.3. The summed E-state index contributed by atoms with van der Waals surface area (Å²) in [5.74, 6) is 0. The topological polar surface area (TPSA) is 73.6 Å². The molecular weight excluding hydrogens is 290 g/mol. The monoisotopic (exact) mass is 309 g/mol. The SMILES string of the molecule is CC(C)(C)CC(c1cccnc1)n1cnc2nccnc2c1=O. The van der Waals surface area contributed by atoms with Crippen LogP contribution < -0.4 is 5.56 Å². The van der Waals surface area contributed by atoms with Crippen LogP contribution >= 0.6 is 0 Å². The average Bonchev–Trinajstić information content (AvgIpc) is 2.54. The summed E-state index contributed by atoms with van der Waals surface area (Å²) in [4.78, 5) is 29.5. The molecule has 0 aliphatic rings. The second-order valence-corrected chi connectivity index (χ2v) is 6.75. The van der Waals surface area contributed by atoms with E-state index in [9.17, 15) is 4.79 Å². The van der Waals surface area contributed by atoms with Crippen LogP contribution in [0, 0.1) is 5.41 Å². The van der Waals surface area contributed by atoms with Crippen LogP contribution in [-0.2, 0) is 0 Å². The lowest BCUT2D eigenvalue weighted by Crippen LogP contribution is -2.29. The third kappa shape index (κ3) is 3.26. The van der Waals surface area contributed by atoms with E-state index < -0.39 is 0 Å². The summed E-state index contributed by atoms with van der Waals surface area (Å²) < 4.78 is 1.64. The summed E-state index contributed by atoms with van der Waals surface area (Å²) >= 11 is 0. The molecule has 0 bridgehead atoms. The maximum atomic E-state index is 12.8. The molecule has 3 heterocycles. The Morgan fingerprint density at radius 3 is 2.61 bits per heavy atom. The number of hydrogen-bond donors (Lipinski definition) is 0. The first-order valence-corrected chi connectivity index (χ1v) is 7.53. The van der Waals surface area contributed by atoms with Gasteiger partial charge in [0.15, 0.2) is 11.2 Å². The van der Waals surface area contributed by atoms with E-state index in [-0.39, 0.29) is 22.5 Å². The molecule has 0 aliphatic heterocycles. The zero-order valence-electron chi connectivity index (χ0n) is 13.5. The van der Waals surface area contributed by atoms with Crippen molar-refractivity contribution in [3.63, 3.8) is 0 Å². The van der Waals surface area contributed by atoms with Gasteiger partial charge in [-0.3, -0.25) is 14.3 Å². The normalized spacial score (nSPS) is 13.2. The molecule has 6 heteroatoms. The molecule has 3 rings (SSSR count). The Morgan fingerprint density at radius 1 is 1.13 bits per heavy atom. The van der Waals surface area contributed by atoms with Crippen LogP contribution in [0.1, 0.15) is 38.8 Å². The van der Waals surface area contributed by atoms with Crippen LogP contribution in [0.2, 0.25) is 0 Å². The Kier molecular flexibility index (Phi) is 3.90. The molecular formula is C17H19N5O. The summed E-state index contributed by atoms with van der Waals surface area (Å²) in [6.07, 6.45) is 8.91. The quantitative estimate of drug-likeness (QED) is 0.743. The number of hydrogen-bond acceptors (Lipinski definition) is 5. The van der Waals surface area contributed by atoms with Crippen LogP contribution in [0.25, 0.3) is 11.2 Å². The molecule has 3 aromatic heterocycles. The molecule has 0 radical (unpaired) electrons. The number of nitrogens with zero attached hydrogens (tertiary/aromatic N) is 5. The van der Waals surface area contributed by atoms with E-state index in [0.717, 1.165) is 12.0 Å². The van der Waals surface area contributed by atoms with E-state index in [1.165, 1.54) is 12.4 Å². The van der Waals surface area contributed by atoms with Crippen molar-refractivity contribution in [1.82, 2.24) is 24.5 Å². The first-order valence-electron chi connectivity index (χ1n) is 7.53. The predicted molar refractivity (Wildman–Crippen MR) is 88.0 cm³/mol. The molecule has 23 heavy (non-hydrogen) atoms.